The molecule has 0 saturated carbocycles. The average Bonchev–Trinajstić information content (AvgIpc) is 2.38. The van der Waals surface area contributed by atoms with Gasteiger partial charge in [0.15, 0.2) is 0 Å². The lowest BCUT2D eigenvalue weighted by atomic mass is 10.3. The van der Waals surface area contributed by atoms with Crippen molar-refractivity contribution in [3.8, 4) is 0 Å². The summed E-state index contributed by atoms with van der Waals surface area (Å²) in [6.07, 6.45) is 2.00. The Balaban J connectivity index is 2.53. The number of nitrogens with one attached hydrogen (secondary N) is 1. The van der Waals surface area contributed by atoms with Gasteiger partial charge in [-0.3, -0.25) is 10.1 Å². The molecule has 1 aromatic rings. The van der Waals surface area contributed by atoms with E-state index in [1.165, 1.54) is 0 Å². The molecule has 0 bridgehead atoms. The highest BCUT2D eigenvalue weighted by Crippen LogP contribution is 2.20. The number of anilines is 2. The van der Waals surface area contributed by atoms with Crippen LogP contribution in [0, 0.1) is 10.1 Å². The van der Waals surface area contributed by atoms with Crippen LogP contribution in [0.25, 0.3) is 0 Å². The highest BCUT2D eigenvalue weighted by Gasteiger charge is 2.15. The molecule has 0 amide bonds. The van der Waals surface area contributed by atoms with Crippen molar-refractivity contribution in [1.29, 1.82) is 0 Å². The molecular formula is C11H20N6O2. The first-order valence-corrected chi connectivity index (χ1v) is 6.31. The topological polar surface area (TPSA) is 110 Å². The number of nitro groups is 1. The summed E-state index contributed by atoms with van der Waals surface area (Å²) < 4.78 is 0. The molecule has 0 atom stereocenters. The molecule has 0 aliphatic carbocycles. The zero-order valence-corrected chi connectivity index (χ0v) is 11.3. The van der Waals surface area contributed by atoms with Gasteiger partial charge >= 0.3 is 5.69 Å². The van der Waals surface area contributed by atoms with E-state index in [9.17, 15) is 10.1 Å². The molecule has 8 nitrogen and oxygen atoms in total. The summed E-state index contributed by atoms with van der Waals surface area (Å²) in [6.45, 7) is 7.75. The molecule has 1 aromatic heterocycles. The van der Waals surface area contributed by atoms with Gasteiger partial charge in [-0.05, 0) is 26.1 Å². The molecule has 0 fully saturated rings. The van der Waals surface area contributed by atoms with Crippen molar-refractivity contribution in [2.45, 2.75) is 20.3 Å². The number of hydrogen-bond donors (Lipinski definition) is 2. The van der Waals surface area contributed by atoms with Gasteiger partial charge < -0.3 is 16.0 Å². The van der Waals surface area contributed by atoms with E-state index in [0.717, 1.165) is 32.3 Å². The van der Waals surface area contributed by atoms with Crippen molar-refractivity contribution in [2.24, 2.45) is 0 Å². The largest absolute Gasteiger partial charge is 0.368 e. The third-order valence-corrected chi connectivity index (χ3v) is 2.82. The van der Waals surface area contributed by atoms with Gasteiger partial charge in [-0.25, -0.2) is 4.98 Å². The maximum Gasteiger partial charge on any atom is 0.329 e. The molecule has 0 radical (unpaired) electrons. The number of hydrogen-bond acceptors (Lipinski definition) is 7. The second-order valence-corrected chi connectivity index (χ2v) is 4.03. The van der Waals surface area contributed by atoms with Crippen molar-refractivity contribution in [3.05, 3.63) is 16.3 Å². The van der Waals surface area contributed by atoms with Crippen molar-refractivity contribution >= 4 is 17.5 Å². The van der Waals surface area contributed by atoms with E-state index < -0.39 is 4.92 Å². The predicted molar refractivity (Wildman–Crippen MR) is 74.0 cm³/mol. The average molecular weight is 268 g/mol. The molecule has 0 aliphatic heterocycles. The van der Waals surface area contributed by atoms with Gasteiger partial charge in [0.25, 0.3) is 0 Å². The van der Waals surface area contributed by atoms with Crippen LogP contribution in [0.2, 0.25) is 0 Å². The van der Waals surface area contributed by atoms with Crippen LogP contribution in [0.5, 0.6) is 0 Å². The Labute approximate surface area is 112 Å². The number of rotatable bonds is 8. The lowest BCUT2D eigenvalue weighted by molar-refractivity contribution is -0.384. The van der Waals surface area contributed by atoms with Crippen LogP contribution >= 0.6 is 0 Å². The molecule has 19 heavy (non-hydrogen) atoms. The zero-order chi connectivity index (χ0) is 14.3. The van der Waals surface area contributed by atoms with Crippen LogP contribution in [0.15, 0.2) is 6.20 Å². The van der Waals surface area contributed by atoms with Crippen molar-refractivity contribution in [3.63, 3.8) is 0 Å². The summed E-state index contributed by atoms with van der Waals surface area (Å²) in [5.41, 5.74) is 5.27. The summed E-state index contributed by atoms with van der Waals surface area (Å²) in [7, 11) is 0. The first-order chi connectivity index (χ1) is 9.08. The van der Waals surface area contributed by atoms with Gasteiger partial charge in [-0.2, -0.15) is 4.98 Å². The van der Waals surface area contributed by atoms with Crippen LogP contribution in [0.1, 0.15) is 20.3 Å². The summed E-state index contributed by atoms with van der Waals surface area (Å²) in [5, 5.41) is 13.7. The van der Waals surface area contributed by atoms with E-state index in [1.54, 1.807) is 0 Å². The van der Waals surface area contributed by atoms with Crippen molar-refractivity contribution < 1.29 is 4.92 Å². The Morgan fingerprint density at radius 2 is 2.16 bits per heavy atom. The fraction of sp³-hybridized carbons (Fsp3) is 0.636. The standard InChI is InChI=1S/C11H20N6O2/c1-3-16(4-2)7-5-6-13-10-9(17(18)19)8-14-11(12)15-10/h8H,3-7H2,1-2H3,(H3,12,13,14,15). The zero-order valence-electron chi connectivity index (χ0n) is 11.3. The summed E-state index contributed by atoms with van der Waals surface area (Å²) >= 11 is 0. The Hall–Kier alpha value is -1.96. The molecule has 0 aliphatic rings. The summed E-state index contributed by atoms with van der Waals surface area (Å²) in [5.74, 6) is 0.203. The lowest BCUT2D eigenvalue weighted by Gasteiger charge is -2.17. The van der Waals surface area contributed by atoms with E-state index in [4.69, 9.17) is 5.73 Å². The molecule has 1 rings (SSSR count). The van der Waals surface area contributed by atoms with Gasteiger partial charge in [-0.15, -0.1) is 0 Å². The minimum atomic E-state index is -0.522. The Bertz CT molecular complexity index is 422. The second kappa shape index (κ2) is 7.47. The van der Waals surface area contributed by atoms with E-state index in [2.05, 4.69) is 34.0 Å². The van der Waals surface area contributed by atoms with Crippen LogP contribution in [0.3, 0.4) is 0 Å². The van der Waals surface area contributed by atoms with Gasteiger partial charge in [0.1, 0.15) is 6.20 Å². The molecule has 0 saturated heterocycles. The molecule has 0 unspecified atom stereocenters. The third-order valence-electron chi connectivity index (χ3n) is 2.82. The molecule has 106 valence electrons. The van der Waals surface area contributed by atoms with Crippen LogP contribution in [0.4, 0.5) is 17.5 Å². The van der Waals surface area contributed by atoms with Gasteiger partial charge in [-0.1, -0.05) is 13.8 Å². The molecule has 1 heterocycles. The molecular weight excluding hydrogens is 248 g/mol. The molecule has 8 heteroatoms. The number of nitrogen functional groups attached to an aromatic ring is 1. The summed E-state index contributed by atoms with van der Waals surface area (Å²) in [4.78, 5) is 20.0. The SMILES string of the molecule is CCN(CC)CCCNc1nc(N)ncc1[N+](=O)[O-]. The Morgan fingerprint density at radius 1 is 1.47 bits per heavy atom. The van der Waals surface area contributed by atoms with Gasteiger partial charge in [0.2, 0.25) is 11.8 Å². The fourth-order valence-electron chi connectivity index (χ4n) is 1.70. The van der Waals surface area contributed by atoms with Gasteiger partial charge in [0.05, 0.1) is 4.92 Å². The van der Waals surface area contributed by atoms with Crippen LogP contribution in [-0.2, 0) is 0 Å². The highest BCUT2D eigenvalue weighted by molar-refractivity contribution is 5.56. The minimum Gasteiger partial charge on any atom is -0.368 e. The van der Waals surface area contributed by atoms with E-state index in [1.807, 2.05) is 0 Å². The second-order valence-electron chi connectivity index (χ2n) is 4.03. The highest BCUT2D eigenvalue weighted by atomic mass is 16.6. The summed E-state index contributed by atoms with van der Waals surface area (Å²) in [6, 6.07) is 0. The normalized spacial score (nSPS) is 10.7. The molecule has 3 N–H and O–H groups in total. The van der Waals surface area contributed by atoms with Gasteiger partial charge in [0, 0.05) is 6.54 Å². The third kappa shape index (κ3) is 4.66. The minimum absolute atomic E-state index is 0.0249. The number of aromatic nitrogens is 2. The first kappa shape index (κ1) is 15.1. The number of nitrogens with two attached hydrogens (primary N) is 1. The Kier molecular flexibility index (Phi) is 5.94. The van der Waals surface area contributed by atoms with E-state index in [0.29, 0.717) is 6.54 Å². The predicted octanol–water partition coefficient (Wildman–Crippen LogP) is 1.11. The number of nitrogens with zero attached hydrogens (tertiary/aromatic N) is 4. The van der Waals surface area contributed by atoms with Crippen LogP contribution in [-0.4, -0.2) is 46.0 Å². The fourth-order valence-corrected chi connectivity index (χ4v) is 1.70. The monoisotopic (exact) mass is 268 g/mol. The van der Waals surface area contributed by atoms with Crippen molar-refractivity contribution in [1.82, 2.24) is 14.9 Å². The first-order valence-electron chi connectivity index (χ1n) is 6.31. The van der Waals surface area contributed by atoms with Crippen molar-refractivity contribution in [2.75, 3.05) is 37.2 Å². The molecule has 0 spiro atoms. The van der Waals surface area contributed by atoms with Crippen LogP contribution < -0.4 is 11.1 Å². The Morgan fingerprint density at radius 3 is 2.74 bits per heavy atom. The maximum atomic E-state index is 10.8. The maximum absolute atomic E-state index is 10.8. The quantitative estimate of drug-likeness (QED) is 0.413. The van der Waals surface area contributed by atoms with E-state index >= 15 is 0 Å². The smallest absolute Gasteiger partial charge is 0.329 e. The molecule has 0 aromatic carbocycles. The van der Waals surface area contributed by atoms with E-state index in [-0.39, 0.29) is 17.5 Å². The lowest BCUT2D eigenvalue weighted by Crippen LogP contribution is -2.25.